The highest BCUT2D eigenvalue weighted by molar-refractivity contribution is 5.77. The lowest BCUT2D eigenvalue weighted by molar-refractivity contribution is -0.131. The molecule has 1 aliphatic rings. The van der Waals surface area contributed by atoms with Crippen LogP contribution < -0.4 is 5.32 Å². The molecule has 0 bridgehead atoms. The molecule has 1 N–H and O–H groups in total. The highest BCUT2D eigenvalue weighted by Crippen LogP contribution is 2.31. The minimum Gasteiger partial charge on any atom is -0.353 e. The maximum absolute atomic E-state index is 11.7. The Morgan fingerprint density at radius 1 is 1.33 bits per heavy atom. The molecule has 0 spiro atoms. The lowest BCUT2D eigenvalue weighted by Gasteiger charge is -2.37. The molecule has 4 heteroatoms. The van der Waals surface area contributed by atoms with Gasteiger partial charge >= 0.3 is 0 Å². The van der Waals surface area contributed by atoms with Gasteiger partial charge in [-0.2, -0.15) is 0 Å². The maximum atomic E-state index is 11.7. The lowest BCUT2D eigenvalue weighted by Crippen LogP contribution is -2.49. The van der Waals surface area contributed by atoms with Crippen LogP contribution in [-0.4, -0.2) is 36.9 Å². The number of hydrogen-bond acceptors (Lipinski definition) is 2. The van der Waals surface area contributed by atoms with Gasteiger partial charge in [-0.25, -0.2) is 0 Å². The Bertz CT molecular complexity index is 233. The van der Waals surface area contributed by atoms with Crippen LogP contribution in [0.5, 0.6) is 0 Å². The molecular weight excluding hydrogens is 192 g/mol. The smallest absolute Gasteiger partial charge is 0.224 e. The van der Waals surface area contributed by atoms with E-state index in [1.54, 1.807) is 19.0 Å². The van der Waals surface area contributed by atoms with E-state index in [2.05, 4.69) is 5.32 Å². The third kappa shape index (κ3) is 3.22. The van der Waals surface area contributed by atoms with E-state index in [1.165, 1.54) is 6.42 Å². The Kier molecular flexibility index (Phi) is 4.12. The molecule has 4 nitrogen and oxygen atoms in total. The number of nitrogens with one attached hydrogen (secondary N) is 1. The van der Waals surface area contributed by atoms with Gasteiger partial charge in [-0.05, 0) is 12.8 Å². The van der Waals surface area contributed by atoms with E-state index in [9.17, 15) is 9.59 Å². The fourth-order valence-electron chi connectivity index (χ4n) is 2.17. The Morgan fingerprint density at radius 3 is 2.40 bits per heavy atom. The summed E-state index contributed by atoms with van der Waals surface area (Å²) in [6.07, 6.45) is 6.41. The predicted octanol–water partition coefficient (Wildman–Crippen LogP) is 0.914. The van der Waals surface area contributed by atoms with Crippen LogP contribution in [-0.2, 0) is 9.59 Å². The van der Waals surface area contributed by atoms with E-state index in [0.29, 0.717) is 6.42 Å². The molecule has 1 rings (SSSR count). The van der Waals surface area contributed by atoms with Gasteiger partial charge in [-0.1, -0.05) is 19.3 Å². The van der Waals surface area contributed by atoms with E-state index >= 15 is 0 Å². The number of hydrogen-bond donors (Lipinski definition) is 1. The van der Waals surface area contributed by atoms with Crippen molar-refractivity contribution in [1.82, 2.24) is 10.2 Å². The van der Waals surface area contributed by atoms with Crippen molar-refractivity contribution in [2.45, 2.75) is 44.1 Å². The van der Waals surface area contributed by atoms with Crippen molar-refractivity contribution in [3.63, 3.8) is 0 Å². The molecule has 0 aliphatic heterocycles. The summed E-state index contributed by atoms with van der Waals surface area (Å²) in [6.45, 7) is 0. The lowest BCUT2D eigenvalue weighted by atomic mass is 9.79. The molecule has 1 fully saturated rings. The van der Waals surface area contributed by atoms with Crippen molar-refractivity contribution in [2.75, 3.05) is 14.1 Å². The fraction of sp³-hybridized carbons (Fsp3) is 0.818. The van der Waals surface area contributed by atoms with E-state index < -0.39 is 0 Å². The summed E-state index contributed by atoms with van der Waals surface area (Å²) in [6, 6.07) is 0. The quantitative estimate of drug-likeness (QED) is 0.704. The first kappa shape index (κ1) is 12.0. The first-order valence-electron chi connectivity index (χ1n) is 5.51. The van der Waals surface area contributed by atoms with Crippen LogP contribution >= 0.6 is 0 Å². The first-order valence-corrected chi connectivity index (χ1v) is 5.51. The van der Waals surface area contributed by atoms with Gasteiger partial charge in [0, 0.05) is 26.1 Å². The summed E-state index contributed by atoms with van der Waals surface area (Å²) in [4.78, 5) is 23.8. The van der Waals surface area contributed by atoms with Crippen LogP contribution in [0.1, 0.15) is 38.5 Å². The molecule has 0 heterocycles. The van der Waals surface area contributed by atoms with Gasteiger partial charge in [0.05, 0.1) is 0 Å². The molecule has 0 unspecified atom stereocenters. The molecule has 86 valence electrons. The van der Waals surface area contributed by atoms with E-state index in [0.717, 1.165) is 32.1 Å². The largest absolute Gasteiger partial charge is 0.353 e. The molecule has 0 aromatic heterocycles. The second-order valence-corrected chi connectivity index (χ2v) is 4.57. The second kappa shape index (κ2) is 5.14. The molecule has 0 aromatic carbocycles. The second-order valence-electron chi connectivity index (χ2n) is 4.57. The topological polar surface area (TPSA) is 49.4 Å². The average molecular weight is 212 g/mol. The number of carbonyl (C=O) groups excluding carboxylic acids is 2. The van der Waals surface area contributed by atoms with E-state index in [4.69, 9.17) is 0 Å². The Balaban J connectivity index is 2.63. The van der Waals surface area contributed by atoms with Gasteiger partial charge in [0.15, 0.2) is 0 Å². The number of nitrogens with zero attached hydrogens (tertiary/aromatic N) is 1. The summed E-state index contributed by atoms with van der Waals surface area (Å²) >= 11 is 0. The minimum atomic E-state index is -0.276. The van der Waals surface area contributed by atoms with Crippen LogP contribution in [0.25, 0.3) is 0 Å². The van der Waals surface area contributed by atoms with Crippen LogP contribution in [0.2, 0.25) is 0 Å². The average Bonchev–Trinajstić information content (AvgIpc) is 2.19. The van der Waals surface area contributed by atoms with Gasteiger partial charge < -0.3 is 10.2 Å². The molecule has 0 atom stereocenters. The fourth-order valence-corrected chi connectivity index (χ4v) is 2.17. The van der Waals surface area contributed by atoms with Gasteiger partial charge in [0.25, 0.3) is 0 Å². The van der Waals surface area contributed by atoms with Crippen LogP contribution in [0.4, 0.5) is 0 Å². The SMILES string of the molecule is CN(C)C(=O)CC1(NC=O)CCCCC1. The maximum Gasteiger partial charge on any atom is 0.224 e. The van der Waals surface area contributed by atoms with Gasteiger partial charge in [0.2, 0.25) is 12.3 Å². The van der Waals surface area contributed by atoms with Crippen molar-refractivity contribution >= 4 is 12.3 Å². The highest BCUT2D eigenvalue weighted by atomic mass is 16.2. The zero-order valence-electron chi connectivity index (χ0n) is 9.58. The van der Waals surface area contributed by atoms with Crippen molar-refractivity contribution in [3.05, 3.63) is 0 Å². The third-order valence-electron chi connectivity index (χ3n) is 3.16. The predicted molar refractivity (Wildman–Crippen MR) is 58.3 cm³/mol. The monoisotopic (exact) mass is 212 g/mol. The normalized spacial score (nSPS) is 19.3. The van der Waals surface area contributed by atoms with E-state index in [-0.39, 0.29) is 11.4 Å². The molecule has 0 saturated heterocycles. The Morgan fingerprint density at radius 2 is 1.93 bits per heavy atom. The molecule has 1 aliphatic carbocycles. The zero-order valence-corrected chi connectivity index (χ0v) is 9.58. The molecule has 0 radical (unpaired) electrons. The van der Waals surface area contributed by atoms with Crippen LogP contribution in [0.15, 0.2) is 0 Å². The molecule has 2 amide bonds. The number of amides is 2. The molecular formula is C11H20N2O2. The van der Waals surface area contributed by atoms with Crippen molar-refractivity contribution in [1.29, 1.82) is 0 Å². The summed E-state index contributed by atoms with van der Waals surface area (Å²) in [5.41, 5.74) is -0.276. The van der Waals surface area contributed by atoms with Crippen molar-refractivity contribution in [2.24, 2.45) is 0 Å². The number of rotatable bonds is 4. The standard InChI is InChI=1S/C11H20N2O2/c1-13(2)10(15)8-11(12-9-14)6-4-3-5-7-11/h9H,3-8H2,1-2H3,(H,12,14). The zero-order chi connectivity index (χ0) is 11.3. The van der Waals surface area contributed by atoms with Gasteiger partial charge in [-0.15, -0.1) is 0 Å². The van der Waals surface area contributed by atoms with Crippen LogP contribution in [0, 0.1) is 0 Å². The van der Waals surface area contributed by atoms with Crippen molar-refractivity contribution in [3.8, 4) is 0 Å². The van der Waals surface area contributed by atoms with Gasteiger partial charge in [-0.3, -0.25) is 9.59 Å². The minimum absolute atomic E-state index is 0.0891. The third-order valence-corrected chi connectivity index (χ3v) is 3.16. The first-order chi connectivity index (χ1) is 7.09. The number of carbonyl (C=O) groups is 2. The van der Waals surface area contributed by atoms with E-state index in [1.807, 2.05) is 0 Å². The molecule has 15 heavy (non-hydrogen) atoms. The Labute approximate surface area is 91.0 Å². The Hall–Kier alpha value is -1.06. The van der Waals surface area contributed by atoms with Gasteiger partial charge in [0.1, 0.15) is 0 Å². The summed E-state index contributed by atoms with van der Waals surface area (Å²) in [5.74, 6) is 0.0891. The summed E-state index contributed by atoms with van der Waals surface area (Å²) in [7, 11) is 3.50. The molecule has 1 saturated carbocycles. The summed E-state index contributed by atoms with van der Waals surface area (Å²) < 4.78 is 0. The van der Waals surface area contributed by atoms with Crippen molar-refractivity contribution < 1.29 is 9.59 Å². The highest BCUT2D eigenvalue weighted by Gasteiger charge is 2.34. The summed E-state index contributed by atoms with van der Waals surface area (Å²) in [5, 5.41) is 2.86. The van der Waals surface area contributed by atoms with Crippen LogP contribution in [0.3, 0.4) is 0 Å². The molecule has 0 aromatic rings.